The van der Waals surface area contributed by atoms with Crippen molar-refractivity contribution in [3.05, 3.63) is 34.0 Å². The van der Waals surface area contributed by atoms with E-state index in [9.17, 15) is 19.5 Å². The Bertz CT molecular complexity index is 666. The molecule has 0 unspecified atom stereocenters. The zero-order valence-corrected chi connectivity index (χ0v) is 12.7. The van der Waals surface area contributed by atoms with Crippen molar-refractivity contribution in [3.63, 3.8) is 0 Å². The molecule has 1 saturated carbocycles. The Hall–Kier alpha value is -2.15. The summed E-state index contributed by atoms with van der Waals surface area (Å²) in [6.07, 6.45) is 4.46. The fourth-order valence-electron chi connectivity index (χ4n) is 3.35. The predicted octanol–water partition coefficient (Wildman–Crippen LogP) is 1.34. The molecule has 7 heteroatoms. The second-order valence-corrected chi connectivity index (χ2v) is 6.84. The van der Waals surface area contributed by atoms with Gasteiger partial charge in [0.15, 0.2) is 0 Å². The lowest BCUT2D eigenvalue weighted by Gasteiger charge is -2.23. The first-order valence-corrected chi connectivity index (χ1v) is 7.92. The number of fused-ring (bicyclic) bond motifs is 2. The summed E-state index contributed by atoms with van der Waals surface area (Å²) in [5.74, 6) is -3.29. The molecule has 22 heavy (non-hydrogen) atoms. The molecule has 1 aromatic heterocycles. The van der Waals surface area contributed by atoms with Gasteiger partial charge in [0.25, 0.3) is 5.91 Å². The Labute approximate surface area is 131 Å². The van der Waals surface area contributed by atoms with E-state index in [-0.39, 0.29) is 11.8 Å². The molecule has 3 N–H and O–H groups in total. The highest BCUT2D eigenvalue weighted by atomic mass is 32.1. The van der Waals surface area contributed by atoms with Crippen LogP contribution in [0.5, 0.6) is 0 Å². The van der Waals surface area contributed by atoms with Crippen LogP contribution >= 0.6 is 11.3 Å². The maximum absolute atomic E-state index is 12.3. The fraction of sp³-hybridized carbons (Fsp3) is 0.400. The van der Waals surface area contributed by atoms with E-state index < -0.39 is 29.6 Å². The van der Waals surface area contributed by atoms with Crippen molar-refractivity contribution in [2.24, 2.45) is 23.7 Å². The predicted molar refractivity (Wildman–Crippen MR) is 80.0 cm³/mol. The third-order valence-electron chi connectivity index (χ3n) is 4.34. The Balaban J connectivity index is 1.63. The third kappa shape index (κ3) is 2.52. The molecule has 1 aromatic rings. The standard InChI is InChI=1S/C15H16N2O4S/c1-7-4-10(6-22-7)13(18)16-17-14(19)11-8-2-3-9(5-8)12(11)15(20)21/h2-4,6,8-9,11-12H,5H2,1H3,(H,16,18)(H,17,19)(H,20,21)/t8-,9+,11-,12+/m1/s1. The number of thiophene rings is 1. The van der Waals surface area contributed by atoms with Crippen LogP contribution in [0.4, 0.5) is 0 Å². The van der Waals surface area contributed by atoms with Crippen LogP contribution in [0, 0.1) is 30.6 Å². The van der Waals surface area contributed by atoms with Crippen LogP contribution in [0.15, 0.2) is 23.6 Å². The van der Waals surface area contributed by atoms with Gasteiger partial charge in [0.05, 0.1) is 17.4 Å². The number of allylic oxidation sites excluding steroid dienone is 2. The van der Waals surface area contributed by atoms with Crippen molar-refractivity contribution in [1.29, 1.82) is 0 Å². The van der Waals surface area contributed by atoms with Gasteiger partial charge < -0.3 is 5.11 Å². The average molecular weight is 320 g/mol. The van der Waals surface area contributed by atoms with Crippen LogP contribution in [-0.2, 0) is 9.59 Å². The second-order valence-electron chi connectivity index (χ2n) is 5.73. The Morgan fingerprint density at radius 3 is 2.45 bits per heavy atom. The molecule has 2 amide bonds. The maximum atomic E-state index is 12.3. The molecule has 0 spiro atoms. The summed E-state index contributed by atoms with van der Waals surface area (Å²) in [5, 5.41) is 11.0. The molecule has 6 nitrogen and oxygen atoms in total. The number of carbonyl (C=O) groups excluding carboxylic acids is 2. The first kappa shape index (κ1) is 14.8. The lowest BCUT2D eigenvalue weighted by atomic mass is 9.82. The zero-order valence-electron chi connectivity index (χ0n) is 11.9. The number of rotatable bonds is 3. The van der Waals surface area contributed by atoms with E-state index in [2.05, 4.69) is 10.9 Å². The Morgan fingerprint density at radius 2 is 1.86 bits per heavy atom. The van der Waals surface area contributed by atoms with Crippen molar-refractivity contribution in [3.8, 4) is 0 Å². The molecular formula is C15H16N2O4S. The van der Waals surface area contributed by atoms with Gasteiger partial charge in [-0.2, -0.15) is 0 Å². The summed E-state index contributed by atoms with van der Waals surface area (Å²) in [7, 11) is 0. The van der Waals surface area contributed by atoms with Gasteiger partial charge in [0.1, 0.15) is 0 Å². The number of hydrogen-bond donors (Lipinski definition) is 3. The van der Waals surface area contributed by atoms with E-state index in [1.165, 1.54) is 11.3 Å². The van der Waals surface area contributed by atoms with Crippen LogP contribution in [0.1, 0.15) is 21.7 Å². The van der Waals surface area contributed by atoms with Crippen LogP contribution in [0.3, 0.4) is 0 Å². The Kier molecular flexibility index (Phi) is 3.74. The minimum atomic E-state index is -0.961. The SMILES string of the molecule is Cc1cc(C(=O)NNC(=O)[C@H]2[C@@H](C(=O)O)[C@H]3C=C[C@@H]2C3)cs1. The van der Waals surface area contributed by atoms with Crippen molar-refractivity contribution in [1.82, 2.24) is 10.9 Å². The highest BCUT2D eigenvalue weighted by Gasteiger charge is 2.51. The van der Waals surface area contributed by atoms with Gasteiger partial charge in [-0.25, -0.2) is 0 Å². The van der Waals surface area contributed by atoms with Crippen LogP contribution < -0.4 is 10.9 Å². The summed E-state index contributed by atoms with van der Waals surface area (Å²) >= 11 is 1.45. The summed E-state index contributed by atoms with van der Waals surface area (Å²) in [5.41, 5.74) is 5.21. The average Bonchev–Trinajstić information content (AvgIpc) is 3.18. The lowest BCUT2D eigenvalue weighted by Crippen LogP contribution is -2.48. The summed E-state index contributed by atoms with van der Waals surface area (Å²) in [6.45, 7) is 1.89. The van der Waals surface area contributed by atoms with E-state index in [1.807, 2.05) is 19.1 Å². The van der Waals surface area contributed by atoms with E-state index in [4.69, 9.17) is 0 Å². The number of aliphatic carboxylic acids is 1. The largest absolute Gasteiger partial charge is 0.481 e. The second kappa shape index (κ2) is 5.57. The van der Waals surface area contributed by atoms with Gasteiger partial charge in [-0.3, -0.25) is 25.2 Å². The quantitative estimate of drug-likeness (QED) is 0.578. The highest BCUT2D eigenvalue weighted by molar-refractivity contribution is 7.10. The number of nitrogens with one attached hydrogen (secondary N) is 2. The number of carboxylic acids is 1. The number of carboxylic acid groups (broad SMARTS) is 1. The Morgan fingerprint density at radius 1 is 1.18 bits per heavy atom. The first-order valence-electron chi connectivity index (χ1n) is 7.04. The van der Waals surface area contributed by atoms with Crippen molar-refractivity contribution in [2.45, 2.75) is 13.3 Å². The van der Waals surface area contributed by atoms with E-state index >= 15 is 0 Å². The van der Waals surface area contributed by atoms with Gasteiger partial charge in [-0.15, -0.1) is 11.3 Å². The van der Waals surface area contributed by atoms with E-state index in [1.54, 1.807) is 11.4 Å². The molecule has 1 fully saturated rings. The summed E-state index contributed by atoms with van der Waals surface area (Å²) < 4.78 is 0. The van der Waals surface area contributed by atoms with Crippen LogP contribution in [0.2, 0.25) is 0 Å². The number of hydrogen-bond acceptors (Lipinski definition) is 4. The van der Waals surface area contributed by atoms with Gasteiger partial charge in [0.2, 0.25) is 5.91 Å². The third-order valence-corrected chi connectivity index (χ3v) is 5.20. The monoisotopic (exact) mass is 320 g/mol. The first-order chi connectivity index (χ1) is 10.5. The van der Waals surface area contributed by atoms with Crippen molar-refractivity contribution in [2.75, 3.05) is 0 Å². The molecule has 3 rings (SSSR count). The van der Waals surface area contributed by atoms with Crippen LogP contribution in [0.25, 0.3) is 0 Å². The fourth-order valence-corrected chi connectivity index (χ4v) is 4.04. The maximum Gasteiger partial charge on any atom is 0.307 e. The molecule has 0 aliphatic heterocycles. The lowest BCUT2D eigenvalue weighted by molar-refractivity contribution is -0.148. The van der Waals surface area contributed by atoms with Crippen molar-refractivity contribution < 1.29 is 19.5 Å². The minimum absolute atomic E-state index is 0.0635. The molecular weight excluding hydrogens is 304 g/mol. The van der Waals surface area contributed by atoms with Gasteiger partial charge in [-0.1, -0.05) is 12.2 Å². The summed E-state index contributed by atoms with van der Waals surface area (Å²) in [4.78, 5) is 36.5. The minimum Gasteiger partial charge on any atom is -0.481 e. The zero-order chi connectivity index (χ0) is 15.9. The number of carbonyl (C=O) groups is 3. The van der Waals surface area contributed by atoms with E-state index in [0.29, 0.717) is 12.0 Å². The van der Waals surface area contributed by atoms with Gasteiger partial charge in [-0.05, 0) is 31.2 Å². The van der Waals surface area contributed by atoms with E-state index in [0.717, 1.165) is 4.88 Å². The molecule has 2 bridgehead atoms. The smallest absolute Gasteiger partial charge is 0.307 e. The molecule has 2 aliphatic rings. The number of aryl methyl sites for hydroxylation is 1. The molecule has 4 atom stereocenters. The normalized spacial score (nSPS) is 28.6. The molecule has 1 heterocycles. The molecule has 2 aliphatic carbocycles. The molecule has 0 aromatic carbocycles. The number of hydrazine groups is 1. The number of amides is 2. The highest BCUT2D eigenvalue weighted by Crippen LogP contribution is 2.48. The summed E-state index contributed by atoms with van der Waals surface area (Å²) in [6, 6.07) is 1.73. The van der Waals surface area contributed by atoms with Crippen LogP contribution in [-0.4, -0.2) is 22.9 Å². The van der Waals surface area contributed by atoms with Gasteiger partial charge >= 0.3 is 5.97 Å². The molecule has 0 saturated heterocycles. The van der Waals surface area contributed by atoms with Crippen molar-refractivity contribution >= 4 is 29.1 Å². The molecule has 0 radical (unpaired) electrons. The topological polar surface area (TPSA) is 95.5 Å². The van der Waals surface area contributed by atoms with Gasteiger partial charge in [0, 0.05) is 10.3 Å². The molecule has 116 valence electrons.